The van der Waals surface area contributed by atoms with E-state index in [1.54, 1.807) is 6.07 Å². The van der Waals surface area contributed by atoms with Gasteiger partial charge in [0.2, 0.25) is 10.0 Å². The average Bonchev–Trinajstić information content (AvgIpc) is 2.26. The van der Waals surface area contributed by atoms with Crippen molar-refractivity contribution in [3.05, 3.63) is 18.3 Å². The summed E-state index contributed by atoms with van der Waals surface area (Å²) in [4.78, 5) is 3.81. The zero-order valence-electron chi connectivity index (χ0n) is 10.2. The number of hydrogen-bond acceptors (Lipinski definition) is 5. The lowest BCUT2D eigenvalue weighted by atomic mass is 9.90. The van der Waals surface area contributed by atoms with Crippen LogP contribution in [0.1, 0.15) is 19.8 Å². The molecular formula is C11H17N3O3S. The molecule has 0 aliphatic heterocycles. The predicted molar refractivity (Wildman–Crippen MR) is 67.4 cm³/mol. The summed E-state index contributed by atoms with van der Waals surface area (Å²) in [6, 6.07) is 2.92. The standard InChI is InChI=1S/C11H17N3O3S/c1-2-17-9-6-8(7-9)14-18(15,16)10-4-3-5-13-11(10)12/h3-5,8-9,14H,2,6-7H2,1H3,(H2,12,13). The molecule has 1 fully saturated rings. The Hall–Kier alpha value is -1.18. The van der Waals surface area contributed by atoms with Crippen LogP contribution in [0.15, 0.2) is 23.2 Å². The maximum atomic E-state index is 12.0. The van der Waals surface area contributed by atoms with Crippen molar-refractivity contribution in [1.82, 2.24) is 9.71 Å². The second kappa shape index (κ2) is 5.21. The number of anilines is 1. The number of nitrogen functional groups attached to an aromatic ring is 1. The highest BCUT2D eigenvalue weighted by atomic mass is 32.2. The number of pyridine rings is 1. The molecule has 18 heavy (non-hydrogen) atoms. The number of sulfonamides is 1. The van der Waals surface area contributed by atoms with E-state index in [-0.39, 0.29) is 22.9 Å². The Bertz CT molecular complexity index is 512. The largest absolute Gasteiger partial charge is 0.383 e. The van der Waals surface area contributed by atoms with E-state index < -0.39 is 10.0 Å². The number of ether oxygens (including phenoxy) is 1. The summed E-state index contributed by atoms with van der Waals surface area (Å²) < 4.78 is 32.1. The zero-order chi connectivity index (χ0) is 13.2. The number of nitrogens with zero attached hydrogens (tertiary/aromatic N) is 1. The minimum Gasteiger partial charge on any atom is -0.383 e. The molecule has 0 atom stereocenters. The molecule has 0 aromatic carbocycles. The third-order valence-electron chi connectivity index (χ3n) is 2.91. The molecule has 0 radical (unpaired) electrons. The summed E-state index contributed by atoms with van der Waals surface area (Å²) >= 11 is 0. The fourth-order valence-corrected chi connectivity index (χ4v) is 3.29. The van der Waals surface area contributed by atoms with Gasteiger partial charge in [0.15, 0.2) is 0 Å². The Morgan fingerprint density at radius 1 is 1.56 bits per heavy atom. The average molecular weight is 271 g/mol. The Morgan fingerprint density at radius 3 is 2.89 bits per heavy atom. The first-order valence-electron chi connectivity index (χ1n) is 5.87. The Morgan fingerprint density at radius 2 is 2.28 bits per heavy atom. The van der Waals surface area contributed by atoms with Gasteiger partial charge in [-0.05, 0) is 31.9 Å². The molecule has 1 heterocycles. The fourth-order valence-electron chi connectivity index (χ4n) is 1.95. The highest BCUT2D eigenvalue weighted by Crippen LogP contribution is 2.25. The molecule has 1 aliphatic rings. The first-order chi connectivity index (χ1) is 8.53. The van der Waals surface area contributed by atoms with Gasteiger partial charge in [0.25, 0.3) is 0 Å². The van der Waals surface area contributed by atoms with Gasteiger partial charge < -0.3 is 10.5 Å². The SMILES string of the molecule is CCOC1CC(NS(=O)(=O)c2cccnc2N)C1. The number of nitrogens with one attached hydrogen (secondary N) is 1. The number of aromatic nitrogens is 1. The molecule has 0 spiro atoms. The van der Waals surface area contributed by atoms with Crippen molar-refractivity contribution in [3.8, 4) is 0 Å². The highest BCUT2D eigenvalue weighted by Gasteiger charge is 2.33. The topological polar surface area (TPSA) is 94.3 Å². The van der Waals surface area contributed by atoms with E-state index in [1.807, 2.05) is 6.92 Å². The van der Waals surface area contributed by atoms with Crippen LogP contribution in [0.25, 0.3) is 0 Å². The third-order valence-corrected chi connectivity index (χ3v) is 4.48. The summed E-state index contributed by atoms with van der Waals surface area (Å²) in [5, 5.41) is 0. The van der Waals surface area contributed by atoms with Gasteiger partial charge in [0.1, 0.15) is 10.7 Å². The maximum absolute atomic E-state index is 12.0. The highest BCUT2D eigenvalue weighted by molar-refractivity contribution is 7.89. The first kappa shape index (κ1) is 13.3. The van der Waals surface area contributed by atoms with Gasteiger partial charge in [-0.1, -0.05) is 0 Å². The van der Waals surface area contributed by atoms with Crippen LogP contribution >= 0.6 is 0 Å². The lowest BCUT2D eigenvalue weighted by Crippen LogP contribution is -2.47. The van der Waals surface area contributed by atoms with Crippen molar-refractivity contribution >= 4 is 15.8 Å². The van der Waals surface area contributed by atoms with Gasteiger partial charge >= 0.3 is 0 Å². The van der Waals surface area contributed by atoms with Crippen LogP contribution in [0.4, 0.5) is 5.82 Å². The minimum absolute atomic E-state index is 0.0191. The van der Waals surface area contributed by atoms with Gasteiger partial charge in [0, 0.05) is 18.8 Å². The molecule has 1 saturated carbocycles. The fraction of sp³-hybridized carbons (Fsp3) is 0.545. The second-order valence-electron chi connectivity index (χ2n) is 4.25. The van der Waals surface area contributed by atoms with Crippen LogP contribution in [-0.2, 0) is 14.8 Å². The summed E-state index contributed by atoms with van der Waals surface area (Å²) in [7, 11) is -3.58. The Balaban J connectivity index is 2.00. The van der Waals surface area contributed by atoms with Gasteiger partial charge in [-0.25, -0.2) is 18.1 Å². The van der Waals surface area contributed by atoms with Crippen LogP contribution in [0.5, 0.6) is 0 Å². The monoisotopic (exact) mass is 271 g/mol. The molecule has 0 bridgehead atoms. The molecule has 0 unspecified atom stereocenters. The van der Waals surface area contributed by atoms with Crippen LogP contribution in [-0.4, -0.2) is 32.2 Å². The van der Waals surface area contributed by atoms with E-state index in [4.69, 9.17) is 10.5 Å². The van der Waals surface area contributed by atoms with Crippen LogP contribution in [0, 0.1) is 0 Å². The number of nitrogens with two attached hydrogens (primary N) is 1. The first-order valence-corrected chi connectivity index (χ1v) is 7.35. The van der Waals surface area contributed by atoms with Gasteiger partial charge in [-0.15, -0.1) is 0 Å². The Labute approximate surface area is 107 Å². The lowest BCUT2D eigenvalue weighted by molar-refractivity contribution is -0.00475. The predicted octanol–water partition coefficient (Wildman–Crippen LogP) is 0.510. The van der Waals surface area contributed by atoms with Crippen molar-refractivity contribution in [1.29, 1.82) is 0 Å². The molecule has 0 amide bonds. The molecule has 6 nitrogen and oxygen atoms in total. The van der Waals surface area contributed by atoms with Crippen LogP contribution in [0.2, 0.25) is 0 Å². The molecule has 2 rings (SSSR count). The quantitative estimate of drug-likeness (QED) is 0.813. The third kappa shape index (κ3) is 2.80. The summed E-state index contributed by atoms with van der Waals surface area (Å²) in [5.41, 5.74) is 5.56. The van der Waals surface area contributed by atoms with E-state index in [9.17, 15) is 8.42 Å². The number of rotatable bonds is 5. The normalized spacial score (nSPS) is 23.6. The maximum Gasteiger partial charge on any atom is 0.244 e. The lowest BCUT2D eigenvalue weighted by Gasteiger charge is -2.35. The molecule has 1 aromatic heterocycles. The van der Waals surface area contributed by atoms with E-state index in [1.165, 1.54) is 12.3 Å². The van der Waals surface area contributed by atoms with Crippen molar-refractivity contribution in [2.45, 2.75) is 36.8 Å². The molecule has 1 aliphatic carbocycles. The van der Waals surface area contributed by atoms with Gasteiger partial charge in [0.05, 0.1) is 6.10 Å². The summed E-state index contributed by atoms with van der Waals surface area (Å²) in [6.07, 6.45) is 3.03. The van der Waals surface area contributed by atoms with Gasteiger partial charge in [-0.2, -0.15) is 0 Å². The van der Waals surface area contributed by atoms with E-state index in [0.29, 0.717) is 19.4 Å². The Kier molecular flexibility index (Phi) is 3.84. The van der Waals surface area contributed by atoms with Crippen molar-refractivity contribution in [2.75, 3.05) is 12.3 Å². The van der Waals surface area contributed by atoms with Crippen molar-refractivity contribution in [2.24, 2.45) is 0 Å². The molecular weight excluding hydrogens is 254 g/mol. The smallest absolute Gasteiger partial charge is 0.244 e. The van der Waals surface area contributed by atoms with Gasteiger partial charge in [-0.3, -0.25) is 0 Å². The molecule has 100 valence electrons. The van der Waals surface area contributed by atoms with E-state index >= 15 is 0 Å². The minimum atomic E-state index is -3.58. The van der Waals surface area contributed by atoms with E-state index in [0.717, 1.165) is 0 Å². The zero-order valence-corrected chi connectivity index (χ0v) is 11.0. The van der Waals surface area contributed by atoms with Crippen LogP contribution in [0.3, 0.4) is 0 Å². The molecule has 7 heteroatoms. The molecule has 1 aromatic rings. The van der Waals surface area contributed by atoms with Crippen molar-refractivity contribution in [3.63, 3.8) is 0 Å². The van der Waals surface area contributed by atoms with E-state index in [2.05, 4.69) is 9.71 Å². The molecule has 0 saturated heterocycles. The number of hydrogen-bond donors (Lipinski definition) is 2. The van der Waals surface area contributed by atoms with Crippen LogP contribution < -0.4 is 10.5 Å². The van der Waals surface area contributed by atoms with Crippen molar-refractivity contribution < 1.29 is 13.2 Å². The molecule has 3 N–H and O–H groups in total. The summed E-state index contributed by atoms with van der Waals surface area (Å²) in [5.74, 6) is 0.0191. The second-order valence-corrected chi connectivity index (χ2v) is 5.94. The summed E-state index contributed by atoms with van der Waals surface area (Å²) in [6.45, 7) is 2.58.